The molecule has 12 heteroatoms. The number of pyridine rings is 2. The summed E-state index contributed by atoms with van der Waals surface area (Å²) in [7, 11) is -3.19. The maximum atomic E-state index is 11.9. The van der Waals surface area contributed by atoms with Crippen molar-refractivity contribution in [2.75, 3.05) is 43.5 Å². The van der Waals surface area contributed by atoms with Gasteiger partial charge in [0.05, 0.1) is 17.3 Å². The highest BCUT2D eigenvalue weighted by Gasteiger charge is 2.27. The molecule has 0 spiro atoms. The average Bonchev–Trinajstić information content (AvgIpc) is 2.87. The van der Waals surface area contributed by atoms with Gasteiger partial charge < -0.3 is 11.1 Å². The van der Waals surface area contributed by atoms with Crippen LogP contribution in [0, 0.1) is 6.92 Å². The largest absolute Gasteiger partial charge is 0.368 e. The fourth-order valence-electron chi connectivity index (χ4n) is 4.52. The molecule has 192 valence electrons. The Bertz CT molecular complexity index is 1530. The number of nitrogens with two attached hydrogens (primary N) is 1. The Morgan fingerprint density at radius 2 is 1.81 bits per heavy atom. The van der Waals surface area contributed by atoms with Crippen LogP contribution in [0.15, 0.2) is 48.8 Å². The predicted octanol–water partition coefficient (Wildman–Crippen LogP) is 2.75. The van der Waals surface area contributed by atoms with Crippen molar-refractivity contribution >= 4 is 38.4 Å². The Morgan fingerprint density at radius 3 is 2.54 bits per heavy atom. The van der Waals surface area contributed by atoms with E-state index < -0.39 is 10.0 Å². The van der Waals surface area contributed by atoms with Crippen molar-refractivity contribution in [3.8, 4) is 11.4 Å². The summed E-state index contributed by atoms with van der Waals surface area (Å²) in [6, 6.07) is 11.9. The first-order valence-corrected chi connectivity index (χ1v) is 13.8. The minimum atomic E-state index is -3.19. The minimum Gasteiger partial charge on any atom is -0.368 e. The summed E-state index contributed by atoms with van der Waals surface area (Å²) in [5, 5.41) is 4.43. The lowest BCUT2D eigenvalue weighted by Crippen LogP contribution is -2.48. The molecule has 1 unspecified atom stereocenters. The lowest BCUT2D eigenvalue weighted by atomic mass is 10.0. The quantitative estimate of drug-likeness (QED) is 0.390. The molecule has 37 heavy (non-hydrogen) atoms. The number of piperazine rings is 1. The molecule has 1 saturated heterocycles. The van der Waals surface area contributed by atoms with E-state index in [1.807, 2.05) is 42.6 Å². The van der Waals surface area contributed by atoms with E-state index in [0.29, 0.717) is 49.2 Å². The Kier molecular flexibility index (Phi) is 6.71. The molecule has 1 atom stereocenters. The summed E-state index contributed by atoms with van der Waals surface area (Å²) < 4.78 is 25.3. The standard InChI is InChI=1S/C25H29N9O2S/c1-16(33-9-11-34(12-10-33)37(3,35)36)19-13-21(24-29-17(2)30-25(26)32-24)23(28-15-19)31-20-7-6-18-5-4-8-27-22(18)14-20/h4-8,13-16H,9-12H2,1-3H3,(H,28,31)(H2,26,29,30,32). The van der Waals surface area contributed by atoms with Crippen LogP contribution in [-0.4, -0.2) is 75.0 Å². The molecule has 4 aromatic rings. The van der Waals surface area contributed by atoms with Gasteiger partial charge in [0.2, 0.25) is 16.0 Å². The first kappa shape index (κ1) is 24.9. The highest BCUT2D eigenvalue weighted by Crippen LogP contribution is 2.32. The number of benzene rings is 1. The lowest BCUT2D eigenvalue weighted by Gasteiger charge is -2.37. The molecule has 11 nitrogen and oxygen atoms in total. The predicted molar refractivity (Wildman–Crippen MR) is 144 cm³/mol. The number of nitrogens with zero attached hydrogens (tertiary/aromatic N) is 7. The fourth-order valence-corrected chi connectivity index (χ4v) is 5.34. The maximum Gasteiger partial charge on any atom is 0.223 e. The number of nitrogen functional groups attached to an aromatic ring is 1. The number of hydrogen-bond donors (Lipinski definition) is 2. The molecule has 3 N–H and O–H groups in total. The van der Waals surface area contributed by atoms with Crippen molar-refractivity contribution < 1.29 is 8.42 Å². The molecule has 0 bridgehead atoms. The van der Waals surface area contributed by atoms with Crippen molar-refractivity contribution in [1.29, 1.82) is 0 Å². The second kappa shape index (κ2) is 9.96. The van der Waals surface area contributed by atoms with Crippen molar-refractivity contribution in [2.45, 2.75) is 19.9 Å². The molecule has 4 heterocycles. The molecular formula is C25H29N9O2S. The third-order valence-electron chi connectivity index (χ3n) is 6.56. The summed E-state index contributed by atoms with van der Waals surface area (Å²) in [4.78, 5) is 24.5. The van der Waals surface area contributed by atoms with Gasteiger partial charge in [0.25, 0.3) is 0 Å². The average molecular weight is 520 g/mol. The van der Waals surface area contributed by atoms with Crippen LogP contribution in [0.1, 0.15) is 24.4 Å². The smallest absolute Gasteiger partial charge is 0.223 e. The SMILES string of the molecule is Cc1nc(N)nc(-c2cc(C(C)N3CCN(S(C)(=O)=O)CC3)cnc2Nc2ccc3cccnc3c2)n1. The molecular weight excluding hydrogens is 490 g/mol. The van der Waals surface area contributed by atoms with Crippen LogP contribution in [0.5, 0.6) is 0 Å². The molecule has 3 aromatic heterocycles. The molecule has 1 aliphatic heterocycles. The van der Waals surface area contributed by atoms with Gasteiger partial charge in [-0.25, -0.2) is 18.4 Å². The van der Waals surface area contributed by atoms with Gasteiger partial charge in [-0.3, -0.25) is 9.88 Å². The van der Waals surface area contributed by atoms with Crippen molar-refractivity contribution in [1.82, 2.24) is 34.1 Å². The van der Waals surface area contributed by atoms with E-state index >= 15 is 0 Å². The van der Waals surface area contributed by atoms with Crippen molar-refractivity contribution in [3.05, 3.63) is 60.2 Å². The number of aromatic nitrogens is 5. The van der Waals surface area contributed by atoms with Crippen LogP contribution < -0.4 is 11.1 Å². The molecule has 0 aliphatic carbocycles. The summed E-state index contributed by atoms with van der Waals surface area (Å²) in [5.41, 5.74) is 9.30. The second-order valence-corrected chi connectivity index (χ2v) is 11.1. The molecule has 0 radical (unpaired) electrons. The summed E-state index contributed by atoms with van der Waals surface area (Å²) in [6.07, 6.45) is 4.84. The Morgan fingerprint density at radius 1 is 1.03 bits per heavy atom. The summed E-state index contributed by atoms with van der Waals surface area (Å²) in [5.74, 6) is 1.66. The molecule has 1 aromatic carbocycles. The summed E-state index contributed by atoms with van der Waals surface area (Å²) in [6.45, 7) is 6.04. The number of aryl methyl sites for hydroxylation is 1. The molecule has 1 fully saturated rings. The van der Waals surface area contributed by atoms with Crippen molar-refractivity contribution in [2.24, 2.45) is 0 Å². The molecule has 0 saturated carbocycles. The molecule has 5 rings (SSSR count). The number of rotatable bonds is 6. The first-order chi connectivity index (χ1) is 17.7. The van der Waals surface area contributed by atoms with Crippen LogP contribution in [-0.2, 0) is 10.0 Å². The van der Waals surface area contributed by atoms with E-state index in [-0.39, 0.29) is 12.0 Å². The zero-order chi connectivity index (χ0) is 26.2. The van der Waals surface area contributed by atoms with Crippen LogP contribution in [0.3, 0.4) is 0 Å². The van der Waals surface area contributed by atoms with Gasteiger partial charge in [0.15, 0.2) is 5.82 Å². The first-order valence-electron chi connectivity index (χ1n) is 12.0. The zero-order valence-electron chi connectivity index (χ0n) is 21.0. The Balaban J connectivity index is 1.48. The number of sulfonamides is 1. The zero-order valence-corrected chi connectivity index (χ0v) is 21.8. The van der Waals surface area contributed by atoms with Crippen LogP contribution in [0.4, 0.5) is 17.5 Å². The second-order valence-electron chi connectivity index (χ2n) is 9.14. The van der Waals surface area contributed by atoms with Gasteiger partial charge in [-0.1, -0.05) is 12.1 Å². The monoisotopic (exact) mass is 519 g/mol. The van der Waals surface area contributed by atoms with Crippen LogP contribution in [0.2, 0.25) is 0 Å². The van der Waals surface area contributed by atoms with Gasteiger partial charge in [-0.2, -0.15) is 14.3 Å². The maximum absolute atomic E-state index is 11.9. The van der Waals surface area contributed by atoms with Crippen molar-refractivity contribution in [3.63, 3.8) is 0 Å². The fraction of sp³-hybridized carbons (Fsp3) is 0.320. The van der Waals surface area contributed by atoms with E-state index in [2.05, 4.69) is 37.1 Å². The number of nitrogens with one attached hydrogen (secondary N) is 1. The lowest BCUT2D eigenvalue weighted by molar-refractivity contribution is 0.146. The van der Waals surface area contributed by atoms with E-state index in [1.165, 1.54) is 10.6 Å². The van der Waals surface area contributed by atoms with Gasteiger partial charge >= 0.3 is 0 Å². The van der Waals surface area contributed by atoms with Gasteiger partial charge in [0.1, 0.15) is 11.6 Å². The molecule has 1 aliphatic rings. The van der Waals surface area contributed by atoms with Gasteiger partial charge in [0, 0.05) is 55.7 Å². The third-order valence-corrected chi connectivity index (χ3v) is 7.86. The Labute approximate surface area is 215 Å². The van der Waals surface area contributed by atoms with E-state index in [1.54, 1.807) is 13.1 Å². The highest BCUT2D eigenvalue weighted by atomic mass is 32.2. The van der Waals surface area contributed by atoms with Gasteiger partial charge in [-0.05, 0) is 43.7 Å². The van der Waals surface area contributed by atoms with Crippen LogP contribution >= 0.6 is 0 Å². The van der Waals surface area contributed by atoms with E-state index in [0.717, 1.165) is 22.2 Å². The highest BCUT2D eigenvalue weighted by molar-refractivity contribution is 7.88. The third kappa shape index (κ3) is 5.50. The summed E-state index contributed by atoms with van der Waals surface area (Å²) >= 11 is 0. The normalized spacial score (nSPS) is 16.1. The number of anilines is 3. The van der Waals surface area contributed by atoms with Crippen LogP contribution in [0.25, 0.3) is 22.3 Å². The number of fused-ring (bicyclic) bond motifs is 1. The Hall–Kier alpha value is -3.74. The molecule has 0 amide bonds. The van der Waals surface area contributed by atoms with E-state index in [4.69, 9.17) is 10.7 Å². The van der Waals surface area contributed by atoms with E-state index in [9.17, 15) is 8.42 Å². The minimum absolute atomic E-state index is 0.00663. The topological polar surface area (TPSA) is 143 Å². The van der Waals surface area contributed by atoms with Gasteiger partial charge in [-0.15, -0.1) is 0 Å². The number of hydrogen-bond acceptors (Lipinski definition) is 10.